The Kier molecular flexibility index (Phi) is 11.9. The van der Waals surface area contributed by atoms with Crippen LogP contribution in [0.2, 0.25) is 0 Å². The normalized spacial score (nSPS) is 6.85. The van der Waals surface area contributed by atoms with Gasteiger partial charge in [0.15, 0.2) is 0 Å². The molecule has 0 aliphatic rings. The number of methoxy groups -OCH3 is 1. The van der Waals surface area contributed by atoms with E-state index >= 15 is 0 Å². The Morgan fingerprint density at radius 1 is 1.15 bits per heavy atom. The molecule has 72 valence electrons. The van der Waals surface area contributed by atoms with Gasteiger partial charge in [0, 0.05) is 6.08 Å². The summed E-state index contributed by atoms with van der Waals surface area (Å²) in [6, 6.07) is 12.0. The highest BCUT2D eigenvalue weighted by Crippen LogP contribution is 1.79. The van der Waals surface area contributed by atoms with Crippen molar-refractivity contribution in [3.63, 3.8) is 0 Å². The molecule has 0 atom stereocenters. The molecule has 0 saturated carbocycles. The molecule has 0 saturated heterocycles. The molecule has 0 heterocycles. The van der Waals surface area contributed by atoms with E-state index in [9.17, 15) is 4.79 Å². The molecule has 1 aromatic rings. The number of benzene rings is 1. The quantitative estimate of drug-likeness (QED) is 0.510. The van der Waals surface area contributed by atoms with Crippen molar-refractivity contribution in [2.75, 3.05) is 7.11 Å². The van der Waals surface area contributed by atoms with E-state index < -0.39 is 5.97 Å². The van der Waals surface area contributed by atoms with E-state index in [1.54, 1.807) is 0 Å². The van der Waals surface area contributed by atoms with Gasteiger partial charge >= 0.3 is 5.97 Å². The van der Waals surface area contributed by atoms with Gasteiger partial charge in [-0.25, -0.2) is 4.79 Å². The first-order valence-electron chi connectivity index (χ1n) is 3.51. The highest BCUT2D eigenvalue weighted by Gasteiger charge is 1.81. The van der Waals surface area contributed by atoms with E-state index in [4.69, 9.17) is 0 Å². The molecule has 3 heteroatoms. The molecule has 0 radical (unpaired) electrons. The zero-order chi connectivity index (χ0) is 9.23. The molecule has 0 aromatic heterocycles. The van der Waals surface area contributed by atoms with Crippen LogP contribution in [-0.4, -0.2) is 13.1 Å². The van der Waals surface area contributed by atoms with Crippen LogP contribution >= 0.6 is 13.5 Å². The molecule has 0 spiro atoms. The minimum absolute atomic E-state index is 0. The maximum Gasteiger partial charge on any atom is 0.329 e. The van der Waals surface area contributed by atoms with E-state index in [1.165, 1.54) is 7.11 Å². The lowest BCUT2D eigenvalue weighted by molar-refractivity contribution is -0.134. The minimum atomic E-state index is -0.394. The second-order valence-corrected chi connectivity index (χ2v) is 1.88. The first-order chi connectivity index (χ1) is 5.81. The fourth-order valence-corrected chi connectivity index (χ4v) is 0.468. The average Bonchev–Trinajstić information content (AvgIpc) is 2.20. The summed E-state index contributed by atoms with van der Waals surface area (Å²) in [6.45, 7) is 3.16. The third-order valence-corrected chi connectivity index (χ3v) is 1.03. The van der Waals surface area contributed by atoms with Crippen molar-refractivity contribution in [2.45, 2.75) is 0 Å². The van der Waals surface area contributed by atoms with Crippen LogP contribution in [0.5, 0.6) is 0 Å². The maximum absolute atomic E-state index is 9.84. The summed E-state index contributed by atoms with van der Waals surface area (Å²) in [7, 11) is 1.31. The zero-order valence-electron chi connectivity index (χ0n) is 7.57. The lowest BCUT2D eigenvalue weighted by Gasteiger charge is -1.83. The average molecular weight is 198 g/mol. The zero-order valence-corrected chi connectivity index (χ0v) is 8.57. The topological polar surface area (TPSA) is 26.3 Å². The van der Waals surface area contributed by atoms with Crippen LogP contribution in [0.25, 0.3) is 0 Å². The van der Waals surface area contributed by atoms with Crippen LogP contribution < -0.4 is 0 Å². The summed E-state index contributed by atoms with van der Waals surface area (Å²) < 4.78 is 4.14. The van der Waals surface area contributed by atoms with Gasteiger partial charge in [0.1, 0.15) is 0 Å². The van der Waals surface area contributed by atoms with Gasteiger partial charge in [0.05, 0.1) is 7.11 Å². The minimum Gasteiger partial charge on any atom is -0.466 e. The van der Waals surface area contributed by atoms with Crippen LogP contribution in [0.1, 0.15) is 0 Å². The Morgan fingerprint density at radius 3 is 1.54 bits per heavy atom. The van der Waals surface area contributed by atoms with Gasteiger partial charge in [-0.3, -0.25) is 0 Å². The van der Waals surface area contributed by atoms with Gasteiger partial charge in [-0.05, 0) is 0 Å². The highest BCUT2D eigenvalue weighted by atomic mass is 32.1. The van der Waals surface area contributed by atoms with Crippen molar-refractivity contribution in [2.24, 2.45) is 0 Å². The molecule has 0 fully saturated rings. The predicted molar refractivity (Wildman–Crippen MR) is 59.0 cm³/mol. The monoisotopic (exact) mass is 198 g/mol. The maximum atomic E-state index is 9.84. The Balaban J connectivity index is 0. The molecular formula is C10H14O2S. The van der Waals surface area contributed by atoms with Gasteiger partial charge in [-0.2, -0.15) is 13.5 Å². The molecule has 0 bridgehead atoms. The second kappa shape index (κ2) is 10.8. The fraction of sp³-hybridized carbons (Fsp3) is 0.100. The van der Waals surface area contributed by atoms with Crippen LogP contribution in [0.4, 0.5) is 0 Å². The molecule has 0 unspecified atom stereocenters. The number of hydrogen-bond donors (Lipinski definition) is 0. The lowest BCUT2D eigenvalue weighted by Crippen LogP contribution is -1.91. The third-order valence-electron chi connectivity index (χ3n) is 1.03. The number of hydrogen-bond acceptors (Lipinski definition) is 2. The summed E-state index contributed by atoms with van der Waals surface area (Å²) in [6.07, 6.45) is 1.11. The Bertz CT molecular complexity index is 195. The van der Waals surface area contributed by atoms with Gasteiger partial charge in [-0.15, -0.1) is 0 Å². The van der Waals surface area contributed by atoms with E-state index in [2.05, 4.69) is 11.3 Å². The summed E-state index contributed by atoms with van der Waals surface area (Å²) in [4.78, 5) is 9.84. The van der Waals surface area contributed by atoms with Gasteiger partial charge in [0.25, 0.3) is 0 Å². The Morgan fingerprint density at radius 2 is 1.46 bits per heavy atom. The summed E-state index contributed by atoms with van der Waals surface area (Å²) in [5, 5.41) is 0. The number of rotatable bonds is 1. The van der Waals surface area contributed by atoms with Gasteiger partial charge in [0.2, 0.25) is 0 Å². The molecule has 1 rings (SSSR count). The summed E-state index contributed by atoms with van der Waals surface area (Å²) >= 11 is 0. The first kappa shape index (κ1) is 14.3. The van der Waals surface area contributed by atoms with Crippen molar-refractivity contribution in [3.05, 3.63) is 49.1 Å². The molecule has 1 aromatic carbocycles. The lowest BCUT2D eigenvalue weighted by atomic mass is 10.4. The van der Waals surface area contributed by atoms with Crippen molar-refractivity contribution >= 4 is 19.5 Å². The molecule has 0 N–H and O–H groups in total. The molecule has 0 aliphatic heterocycles. The standard InChI is InChI=1S/C6H6.C4H6O2.H2S/c1-2-4-6-5-3-1;1-3-4(5)6-2;/h1-6H;3H,1H2,2H3;1H2. The van der Waals surface area contributed by atoms with E-state index in [1.807, 2.05) is 36.4 Å². The number of esters is 1. The number of carbonyl (C=O) groups is 1. The third kappa shape index (κ3) is 10.8. The summed E-state index contributed by atoms with van der Waals surface area (Å²) in [5.74, 6) is -0.394. The van der Waals surface area contributed by atoms with Crippen molar-refractivity contribution in [3.8, 4) is 0 Å². The Hall–Kier alpha value is -1.22. The van der Waals surface area contributed by atoms with Crippen LogP contribution in [-0.2, 0) is 9.53 Å². The van der Waals surface area contributed by atoms with Crippen molar-refractivity contribution in [1.82, 2.24) is 0 Å². The largest absolute Gasteiger partial charge is 0.466 e. The molecule has 0 amide bonds. The smallest absolute Gasteiger partial charge is 0.329 e. The van der Waals surface area contributed by atoms with Gasteiger partial charge in [-0.1, -0.05) is 43.0 Å². The number of carbonyl (C=O) groups excluding carboxylic acids is 1. The molecular weight excluding hydrogens is 184 g/mol. The Labute approximate surface area is 85.7 Å². The first-order valence-corrected chi connectivity index (χ1v) is 3.51. The van der Waals surface area contributed by atoms with E-state index in [-0.39, 0.29) is 13.5 Å². The molecule has 0 aliphatic carbocycles. The molecule has 13 heavy (non-hydrogen) atoms. The van der Waals surface area contributed by atoms with Crippen LogP contribution in [0, 0.1) is 0 Å². The van der Waals surface area contributed by atoms with Crippen LogP contribution in [0.3, 0.4) is 0 Å². The van der Waals surface area contributed by atoms with Crippen molar-refractivity contribution in [1.29, 1.82) is 0 Å². The second-order valence-electron chi connectivity index (χ2n) is 1.88. The van der Waals surface area contributed by atoms with Crippen molar-refractivity contribution < 1.29 is 9.53 Å². The molecule has 2 nitrogen and oxygen atoms in total. The van der Waals surface area contributed by atoms with E-state index in [0.29, 0.717) is 0 Å². The fourth-order valence-electron chi connectivity index (χ4n) is 0.468. The highest BCUT2D eigenvalue weighted by molar-refractivity contribution is 7.59. The van der Waals surface area contributed by atoms with Gasteiger partial charge < -0.3 is 4.74 Å². The number of ether oxygens (including phenoxy) is 1. The predicted octanol–water partition coefficient (Wildman–Crippen LogP) is 2.14. The summed E-state index contributed by atoms with van der Waals surface area (Å²) in [5.41, 5.74) is 0. The van der Waals surface area contributed by atoms with Crippen LogP contribution in [0.15, 0.2) is 49.1 Å². The SMILES string of the molecule is C=CC(=O)OC.S.c1ccccc1. The van der Waals surface area contributed by atoms with E-state index in [0.717, 1.165) is 6.08 Å².